The van der Waals surface area contributed by atoms with E-state index in [-0.39, 0.29) is 32.4 Å². The molecule has 52 heavy (non-hydrogen) atoms. The number of ether oxygens (including phenoxy) is 6. The summed E-state index contributed by atoms with van der Waals surface area (Å²) in [5, 5.41) is 0. The van der Waals surface area contributed by atoms with Crippen molar-refractivity contribution < 1.29 is 47.6 Å². The Balaban J connectivity index is 1.11. The Kier molecular flexibility index (Phi) is 12.5. The van der Waals surface area contributed by atoms with Crippen LogP contribution in [0.15, 0.2) is 128 Å². The number of rotatable bonds is 15. The highest BCUT2D eigenvalue weighted by atomic mass is 16.6. The minimum atomic E-state index is -0.530. The molecular weight excluding hydrogens is 664 g/mol. The zero-order chi connectivity index (χ0) is 36.9. The van der Waals surface area contributed by atoms with Crippen molar-refractivity contribution in [2.24, 2.45) is 0 Å². The number of carbonyl (C=O) groups excluding carboxylic acids is 4. The quantitative estimate of drug-likeness (QED) is 0.0462. The van der Waals surface area contributed by atoms with E-state index >= 15 is 0 Å². The first-order valence-electron chi connectivity index (χ1n) is 16.3. The van der Waals surface area contributed by atoms with Gasteiger partial charge in [0.1, 0.15) is 49.4 Å². The lowest BCUT2D eigenvalue weighted by atomic mass is 10.0. The van der Waals surface area contributed by atoms with Gasteiger partial charge in [-0.15, -0.1) is 0 Å². The summed E-state index contributed by atoms with van der Waals surface area (Å²) >= 11 is 0. The highest BCUT2D eigenvalue weighted by molar-refractivity contribution is 5.93. The van der Waals surface area contributed by atoms with Gasteiger partial charge in [-0.1, -0.05) is 55.1 Å². The molecule has 0 aliphatic carbocycles. The summed E-state index contributed by atoms with van der Waals surface area (Å²) < 4.78 is 32.1. The average Bonchev–Trinajstić information content (AvgIpc) is 3.16. The van der Waals surface area contributed by atoms with E-state index in [2.05, 4.69) is 6.58 Å². The maximum Gasteiger partial charge on any atom is 0.343 e. The molecule has 0 unspecified atom stereocenters. The molecule has 0 radical (unpaired) electrons. The number of hydrogen-bond donors (Lipinski definition) is 0. The molecule has 0 aliphatic rings. The van der Waals surface area contributed by atoms with Gasteiger partial charge in [-0.3, -0.25) is 4.79 Å². The minimum Gasteiger partial charge on any atom is -0.490 e. The van der Waals surface area contributed by atoms with Crippen molar-refractivity contribution in [1.29, 1.82) is 0 Å². The lowest BCUT2D eigenvalue weighted by Crippen LogP contribution is -2.10. The Morgan fingerprint density at radius 2 is 0.962 bits per heavy atom. The third-order valence-corrected chi connectivity index (χ3v) is 7.60. The molecule has 0 saturated heterocycles. The fraction of sp³-hybridized carbons (Fsp3) is 0.143. The fourth-order valence-corrected chi connectivity index (χ4v) is 4.92. The summed E-state index contributed by atoms with van der Waals surface area (Å²) in [6.45, 7) is 7.23. The van der Waals surface area contributed by atoms with E-state index in [9.17, 15) is 19.2 Å². The molecule has 0 heterocycles. The molecule has 0 fully saturated rings. The van der Waals surface area contributed by atoms with Gasteiger partial charge in [-0.05, 0) is 101 Å². The third-order valence-electron chi connectivity index (χ3n) is 7.60. The van der Waals surface area contributed by atoms with Gasteiger partial charge < -0.3 is 28.4 Å². The summed E-state index contributed by atoms with van der Waals surface area (Å²) in [6, 6.07) is 33.7. The number of benzene rings is 5. The maximum atomic E-state index is 12.9. The summed E-state index contributed by atoms with van der Waals surface area (Å²) in [6.07, 6.45) is 1.10. The van der Waals surface area contributed by atoms with E-state index < -0.39 is 17.9 Å². The van der Waals surface area contributed by atoms with Crippen LogP contribution in [0, 0.1) is 6.92 Å². The first-order valence-corrected chi connectivity index (χ1v) is 16.3. The van der Waals surface area contributed by atoms with Crippen molar-refractivity contribution in [3.8, 4) is 45.3 Å². The largest absolute Gasteiger partial charge is 0.490 e. The Bertz CT molecular complexity index is 2010. The van der Waals surface area contributed by atoms with Crippen molar-refractivity contribution in [3.05, 3.63) is 145 Å². The van der Waals surface area contributed by atoms with Gasteiger partial charge in [0.2, 0.25) is 0 Å². The standard InChI is InChI=1S/C42H36O10/c1-4-40(44)50-26-25-49-37-19-15-32(16-20-37)30-5-9-34(10-6-30)41(45)51-38-21-22-39(28(2)27-38)52-42(46)35-11-7-31(8-12-35)33-13-17-36(18-14-33)48-24-23-47-29(3)43/h4-22,27H,1,23-26H2,2-3H3. The summed E-state index contributed by atoms with van der Waals surface area (Å²) in [4.78, 5) is 47.8. The van der Waals surface area contributed by atoms with Gasteiger partial charge in [-0.25, -0.2) is 14.4 Å². The van der Waals surface area contributed by atoms with E-state index in [1.54, 1.807) is 49.4 Å². The second kappa shape index (κ2) is 17.8. The molecule has 5 aromatic carbocycles. The highest BCUT2D eigenvalue weighted by Crippen LogP contribution is 2.28. The molecule has 5 rings (SSSR count). The molecule has 0 aliphatic heterocycles. The van der Waals surface area contributed by atoms with Crippen LogP contribution in [0.3, 0.4) is 0 Å². The number of hydrogen-bond acceptors (Lipinski definition) is 10. The van der Waals surface area contributed by atoms with Gasteiger partial charge in [0.25, 0.3) is 0 Å². The molecule has 10 heteroatoms. The molecule has 0 bridgehead atoms. The molecule has 5 aromatic rings. The zero-order valence-electron chi connectivity index (χ0n) is 28.7. The summed E-state index contributed by atoms with van der Waals surface area (Å²) in [5.41, 5.74) is 5.02. The predicted molar refractivity (Wildman–Crippen MR) is 194 cm³/mol. The van der Waals surface area contributed by atoms with Gasteiger partial charge >= 0.3 is 23.9 Å². The van der Waals surface area contributed by atoms with Crippen molar-refractivity contribution in [3.63, 3.8) is 0 Å². The molecule has 0 amide bonds. The van der Waals surface area contributed by atoms with Gasteiger partial charge in [0.15, 0.2) is 0 Å². The summed E-state index contributed by atoms with van der Waals surface area (Å²) in [5.74, 6) is 0.0307. The number of aryl methyl sites for hydroxylation is 1. The topological polar surface area (TPSA) is 124 Å². The molecule has 0 N–H and O–H groups in total. The van der Waals surface area contributed by atoms with Crippen LogP contribution in [0.5, 0.6) is 23.0 Å². The molecule has 0 atom stereocenters. The molecule has 0 saturated carbocycles. The first-order chi connectivity index (χ1) is 25.2. The van der Waals surface area contributed by atoms with Crippen LogP contribution in [0.1, 0.15) is 33.2 Å². The Morgan fingerprint density at radius 3 is 1.40 bits per heavy atom. The second-order valence-corrected chi connectivity index (χ2v) is 11.3. The van der Waals surface area contributed by atoms with Crippen LogP contribution in [-0.4, -0.2) is 50.3 Å². The van der Waals surface area contributed by atoms with E-state index in [1.165, 1.54) is 6.92 Å². The first kappa shape index (κ1) is 36.6. The Labute approximate surface area is 301 Å². The van der Waals surface area contributed by atoms with Gasteiger partial charge in [-0.2, -0.15) is 0 Å². The van der Waals surface area contributed by atoms with Crippen LogP contribution in [-0.2, 0) is 19.1 Å². The minimum absolute atomic E-state index is 0.121. The predicted octanol–water partition coefficient (Wildman–Crippen LogP) is 7.82. The third kappa shape index (κ3) is 10.4. The van der Waals surface area contributed by atoms with Crippen molar-refractivity contribution in [2.45, 2.75) is 13.8 Å². The van der Waals surface area contributed by atoms with Crippen LogP contribution in [0.4, 0.5) is 0 Å². The van der Waals surface area contributed by atoms with Crippen LogP contribution >= 0.6 is 0 Å². The van der Waals surface area contributed by atoms with Gasteiger partial charge in [0.05, 0.1) is 11.1 Å². The van der Waals surface area contributed by atoms with Crippen LogP contribution < -0.4 is 18.9 Å². The Morgan fingerprint density at radius 1 is 0.538 bits per heavy atom. The van der Waals surface area contributed by atoms with E-state index in [0.717, 1.165) is 28.3 Å². The van der Waals surface area contributed by atoms with Gasteiger partial charge in [0, 0.05) is 13.0 Å². The van der Waals surface area contributed by atoms with E-state index in [0.29, 0.717) is 39.7 Å². The smallest absolute Gasteiger partial charge is 0.343 e. The molecule has 264 valence electrons. The zero-order valence-corrected chi connectivity index (χ0v) is 28.7. The summed E-state index contributed by atoms with van der Waals surface area (Å²) in [7, 11) is 0. The van der Waals surface area contributed by atoms with Crippen LogP contribution in [0.25, 0.3) is 22.3 Å². The van der Waals surface area contributed by atoms with E-state index in [1.807, 2.05) is 72.8 Å². The fourth-order valence-electron chi connectivity index (χ4n) is 4.92. The number of carbonyl (C=O) groups is 4. The molecule has 10 nitrogen and oxygen atoms in total. The molecule has 0 aromatic heterocycles. The normalized spacial score (nSPS) is 10.4. The van der Waals surface area contributed by atoms with Crippen molar-refractivity contribution >= 4 is 23.9 Å². The monoisotopic (exact) mass is 700 g/mol. The van der Waals surface area contributed by atoms with Crippen LogP contribution in [0.2, 0.25) is 0 Å². The average molecular weight is 701 g/mol. The Hall–Kier alpha value is -6.68. The lowest BCUT2D eigenvalue weighted by Gasteiger charge is -2.11. The maximum absolute atomic E-state index is 12.9. The number of esters is 4. The van der Waals surface area contributed by atoms with E-state index in [4.69, 9.17) is 28.4 Å². The SMILES string of the molecule is C=CC(=O)OCCOc1ccc(-c2ccc(C(=O)Oc3ccc(OC(=O)c4ccc(-c5ccc(OCCOC(C)=O)cc5)cc4)c(C)c3)cc2)cc1. The van der Waals surface area contributed by atoms with Crippen molar-refractivity contribution in [1.82, 2.24) is 0 Å². The highest BCUT2D eigenvalue weighted by Gasteiger charge is 2.14. The lowest BCUT2D eigenvalue weighted by molar-refractivity contribution is -0.141. The molecular formula is C42H36O10. The molecule has 0 spiro atoms. The van der Waals surface area contributed by atoms with Crippen molar-refractivity contribution in [2.75, 3.05) is 26.4 Å². The second-order valence-electron chi connectivity index (χ2n) is 11.3.